The van der Waals surface area contributed by atoms with E-state index < -0.39 is 6.61 Å². The van der Waals surface area contributed by atoms with Crippen molar-refractivity contribution in [2.45, 2.75) is 13.2 Å². The van der Waals surface area contributed by atoms with Gasteiger partial charge in [-0.1, -0.05) is 29.3 Å². The van der Waals surface area contributed by atoms with Crippen LogP contribution >= 0.6 is 23.2 Å². The van der Waals surface area contributed by atoms with Gasteiger partial charge in [-0.25, -0.2) is 0 Å². The SMILES string of the molecule is COc1cc(CN(C)C(=O)/C=C/c2cc(Cl)ccc2Cl)ccc1OC(F)F. The number of carbonyl (C=O) groups is 1. The second-order valence-electron chi connectivity index (χ2n) is 5.56. The maximum Gasteiger partial charge on any atom is 0.387 e. The average molecular weight is 416 g/mol. The van der Waals surface area contributed by atoms with E-state index >= 15 is 0 Å². The van der Waals surface area contributed by atoms with Gasteiger partial charge < -0.3 is 14.4 Å². The van der Waals surface area contributed by atoms with Gasteiger partial charge in [-0.15, -0.1) is 0 Å². The van der Waals surface area contributed by atoms with E-state index in [-0.39, 0.29) is 24.0 Å². The first-order chi connectivity index (χ1) is 12.8. The summed E-state index contributed by atoms with van der Waals surface area (Å²) in [4.78, 5) is 13.7. The zero-order valence-corrected chi connectivity index (χ0v) is 16.1. The topological polar surface area (TPSA) is 38.8 Å². The molecule has 27 heavy (non-hydrogen) atoms. The summed E-state index contributed by atoms with van der Waals surface area (Å²) in [7, 11) is 2.96. The van der Waals surface area contributed by atoms with Crippen LogP contribution in [0.3, 0.4) is 0 Å². The molecule has 2 rings (SSSR count). The van der Waals surface area contributed by atoms with Crippen molar-refractivity contribution in [2.75, 3.05) is 14.2 Å². The van der Waals surface area contributed by atoms with E-state index in [9.17, 15) is 13.6 Å². The van der Waals surface area contributed by atoms with Crippen molar-refractivity contribution in [3.63, 3.8) is 0 Å². The summed E-state index contributed by atoms with van der Waals surface area (Å²) in [6.45, 7) is -2.70. The molecule has 0 fully saturated rings. The molecule has 0 aliphatic rings. The fraction of sp³-hybridized carbons (Fsp3) is 0.211. The molecule has 0 aliphatic heterocycles. The van der Waals surface area contributed by atoms with Gasteiger partial charge in [0.05, 0.1) is 7.11 Å². The lowest BCUT2D eigenvalue weighted by Gasteiger charge is -2.17. The quantitative estimate of drug-likeness (QED) is 0.577. The third-order valence-electron chi connectivity index (χ3n) is 3.60. The Morgan fingerprint density at radius 3 is 2.59 bits per heavy atom. The van der Waals surface area contributed by atoms with E-state index in [1.54, 1.807) is 43.5 Å². The molecule has 0 aromatic heterocycles. The summed E-state index contributed by atoms with van der Waals surface area (Å²) in [6.07, 6.45) is 2.95. The molecule has 2 aromatic carbocycles. The summed E-state index contributed by atoms with van der Waals surface area (Å²) in [5, 5.41) is 0.989. The fourth-order valence-corrected chi connectivity index (χ4v) is 2.65. The number of benzene rings is 2. The highest BCUT2D eigenvalue weighted by atomic mass is 35.5. The third kappa shape index (κ3) is 6.12. The molecule has 8 heteroatoms. The number of alkyl halides is 2. The molecular formula is C19H17Cl2F2NO3. The van der Waals surface area contributed by atoms with E-state index in [0.29, 0.717) is 21.2 Å². The van der Waals surface area contributed by atoms with Crippen LogP contribution in [0, 0.1) is 0 Å². The lowest BCUT2D eigenvalue weighted by Crippen LogP contribution is -2.24. The maximum atomic E-state index is 12.4. The fourth-order valence-electron chi connectivity index (χ4n) is 2.29. The van der Waals surface area contributed by atoms with E-state index in [2.05, 4.69) is 4.74 Å². The van der Waals surface area contributed by atoms with Crippen LogP contribution in [0.1, 0.15) is 11.1 Å². The standard InChI is InChI=1S/C19H17Cl2F2NO3/c1-24(18(25)8-4-13-10-14(20)5-6-15(13)21)11-12-3-7-16(27-19(22)23)17(9-12)26-2/h3-10,19H,11H2,1-2H3/b8-4+. The Balaban J connectivity index is 2.07. The summed E-state index contributed by atoms with van der Waals surface area (Å²) in [5.41, 5.74) is 1.32. The molecule has 0 bridgehead atoms. The van der Waals surface area contributed by atoms with Gasteiger partial charge in [-0.2, -0.15) is 8.78 Å². The number of hydrogen-bond donors (Lipinski definition) is 0. The molecule has 4 nitrogen and oxygen atoms in total. The van der Waals surface area contributed by atoms with Crippen molar-refractivity contribution >= 4 is 35.2 Å². The molecule has 0 radical (unpaired) electrons. The van der Waals surface area contributed by atoms with Crippen LogP contribution in [0.4, 0.5) is 8.78 Å². The first-order valence-electron chi connectivity index (χ1n) is 7.80. The average Bonchev–Trinajstić information content (AvgIpc) is 2.62. The molecule has 144 valence electrons. The smallest absolute Gasteiger partial charge is 0.387 e. The molecule has 0 saturated heterocycles. The van der Waals surface area contributed by atoms with E-state index in [4.69, 9.17) is 27.9 Å². The summed E-state index contributed by atoms with van der Waals surface area (Å²) < 4.78 is 34.2. The van der Waals surface area contributed by atoms with E-state index in [0.717, 1.165) is 0 Å². The van der Waals surface area contributed by atoms with Gasteiger partial charge in [0.1, 0.15) is 0 Å². The monoisotopic (exact) mass is 415 g/mol. The number of amides is 1. The molecule has 2 aromatic rings. The zero-order chi connectivity index (χ0) is 20.0. The first-order valence-corrected chi connectivity index (χ1v) is 8.55. The number of halogens is 4. The lowest BCUT2D eigenvalue weighted by atomic mass is 10.2. The highest BCUT2D eigenvalue weighted by Gasteiger charge is 2.13. The summed E-state index contributed by atoms with van der Waals surface area (Å²) >= 11 is 12.0. The van der Waals surface area contributed by atoms with E-state index in [1.165, 1.54) is 24.2 Å². The van der Waals surface area contributed by atoms with Gasteiger partial charge >= 0.3 is 6.61 Å². The molecule has 1 amide bonds. The summed E-state index contributed by atoms with van der Waals surface area (Å²) in [5.74, 6) is -0.173. The van der Waals surface area contributed by atoms with Crippen molar-refractivity contribution in [3.8, 4) is 11.5 Å². The van der Waals surface area contributed by atoms with Crippen LogP contribution in [0.15, 0.2) is 42.5 Å². The Labute approximate surface area is 165 Å². The first kappa shape index (κ1) is 21.0. The maximum absolute atomic E-state index is 12.4. The molecule has 0 unspecified atom stereocenters. The van der Waals surface area contributed by atoms with Gasteiger partial charge in [-0.3, -0.25) is 4.79 Å². The van der Waals surface area contributed by atoms with Gasteiger partial charge in [0, 0.05) is 29.7 Å². The molecule has 0 saturated carbocycles. The van der Waals surface area contributed by atoms with Crippen LogP contribution in [-0.4, -0.2) is 31.6 Å². The predicted molar refractivity (Wildman–Crippen MR) is 102 cm³/mol. The highest BCUT2D eigenvalue weighted by molar-refractivity contribution is 6.34. The van der Waals surface area contributed by atoms with E-state index in [1.807, 2.05) is 0 Å². The second kappa shape index (κ2) is 9.58. The highest BCUT2D eigenvalue weighted by Crippen LogP contribution is 2.30. The van der Waals surface area contributed by atoms with Crippen LogP contribution < -0.4 is 9.47 Å². The Hall–Kier alpha value is -2.31. The minimum atomic E-state index is -2.95. The van der Waals surface area contributed by atoms with Gasteiger partial charge in [0.25, 0.3) is 0 Å². The number of carbonyl (C=O) groups excluding carboxylic acids is 1. The molecular weight excluding hydrogens is 399 g/mol. The van der Waals surface area contributed by atoms with Gasteiger partial charge in [0.2, 0.25) is 5.91 Å². The number of hydrogen-bond acceptors (Lipinski definition) is 3. The Bertz CT molecular complexity index is 844. The molecule has 0 heterocycles. The van der Waals surface area contributed by atoms with Crippen molar-refractivity contribution in [2.24, 2.45) is 0 Å². The third-order valence-corrected chi connectivity index (χ3v) is 4.18. The Morgan fingerprint density at radius 1 is 1.19 bits per heavy atom. The predicted octanol–water partition coefficient (Wildman–Crippen LogP) is 5.28. The normalized spacial score (nSPS) is 11.1. The molecule has 0 spiro atoms. The van der Waals surface area contributed by atoms with Crippen LogP contribution in [0.25, 0.3) is 6.08 Å². The Morgan fingerprint density at radius 2 is 1.93 bits per heavy atom. The van der Waals surface area contributed by atoms with Crippen molar-refractivity contribution in [1.82, 2.24) is 4.90 Å². The Kier molecular flexibility index (Phi) is 7.45. The molecule has 0 N–H and O–H groups in total. The number of rotatable bonds is 7. The number of methoxy groups -OCH3 is 1. The molecule has 0 aliphatic carbocycles. The van der Waals surface area contributed by atoms with Crippen LogP contribution in [-0.2, 0) is 11.3 Å². The largest absolute Gasteiger partial charge is 0.493 e. The van der Waals surface area contributed by atoms with Crippen molar-refractivity contribution in [1.29, 1.82) is 0 Å². The molecule has 0 atom stereocenters. The number of likely N-dealkylation sites (N-methyl/N-ethyl adjacent to an activating group) is 1. The van der Waals surface area contributed by atoms with Crippen LogP contribution in [0.2, 0.25) is 10.0 Å². The number of nitrogens with zero attached hydrogens (tertiary/aromatic N) is 1. The van der Waals surface area contributed by atoms with Crippen LogP contribution in [0.5, 0.6) is 11.5 Å². The summed E-state index contributed by atoms with van der Waals surface area (Å²) in [6, 6.07) is 9.46. The van der Waals surface area contributed by atoms with Gasteiger partial charge in [-0.05, 0) is 47.5 Å². The number of ether oxygens (including phenoxy) is 2. The van der Waals surface area contributed by atoms with Crippen molar-refractivity contribution < 1.29 is 23.0 Å². The minimum absolute atomic E-state index is 0.0688. The minimum Gasteiger partial charge on any atom is -0.493 e. The second-order valence-corrected chi connectivity index (χ2v) is 6.40. The van der Waals surface area contributed by atoms with Crippen molar-refractivity contribution in [3.05, 3.63) is 63.6 Å². The van der Waals surface area contributed by atoms with Gasteiger partial charge in [0.15, 0.2) is 11.5 Å². The zero-order valence-electron chi connectivity index (χ0n) is 14.6. The lowest BCUT2D eigenvalue weighted by molar-refractivity contribution is -0.125.